The molecule has 1 aliphatic rings. The molecule has 0 radical (unpaired) electrons. The Morgan fingerprint density at radius 3 is 2.56 bits per heavy atom. The summed E-state index contributed by atoms with van der Waals surface area (Å²) in [7, 11) is 1.17. The summed E-state index contributed by atoms with van der Waals surface area (Å²) >= 11 is 3.41. The molecule has 2 N–H and O–H groups in total. The molecule has 0 aliphatic carbocycles. The highest BCUT2D eigenvalue weighted by Crippen LogP contribution is 2.37. The van der Waals surface area contributed by atoms with Gasteiger partial charge in [0, 0.05) is 5.69 Å². The van der Waals surface area contributed by atoms with Gasteiger partial charge in [0.15, 0.2) is 18.1 Å². The number of urea groups is 1. The maximum absolute atomic E-state index is 12.5. The topological polar surface area (TPSA) is 123 Å². The molecule has 34 heavy (non-hydrogen) atoms. The van der Waals surface area contributed by atoms with Gasteiger partial charge in [-0.1, -0.05) is 18.2 Å². The number of rotatable bonds is 9. The summed E-state index contributed by atoms with van der Waals surface area (Å²) in [5.41, 5.74) is 1.14. The molecule has 0 spiro atoms. The van der Waals surface area contributed by atoms with Gasteiger partial charge in [-0.3, -0.25) is 14.4 Å². The van der Waals surface area contributed by atoms with E-state index < -0.39 is 24.5 Å². The second-order valence-corrected chi connectivity index (χ2v) is 7.78. The molecular formula is C23H22BrN3O7. The smallest absolute Gasteiger partial charge is 0.329 e. The van der Waals surface area contributed by atoms with Gasteiger partial charge in [-0.05, 0) is 58.8 Å². The number of ether oxygens (including phenoxy) is 3. The third kappa shape index (κ3) is 6.13. The number of anilines is 1. The van der Waals surface area contributed by atoms with E-state index in [0.717, 1.165) is 4.90 Å². The minimum absolute atomic E-state index is 0.0147. The Morgan fingerprint density at radius 2 is 1.88 bits per heavy atom. The van der Waals surface area contributed by atoms with Crippen molar-refractivity contribution in [2.24, 2.45) is 0 Å². The van der Waals surface area contributed by atoms with Gasteiger partial charge >= 0.3 is 12.0 Å². The molecule has 0 atom stereocenters. The number of halogens is 1. The number of nitrogens with one attached hydrogen (secondary N) is 2. The summed E-state index contributed by atoms with van der Waals surface area (Å²) in [6, 6.07) is 11.5. The number of para-hydroxylation sites is 1. The van der Waals surface area contributed by atoms with Crippen molar-refractivity contribution in [3.8, 4) is 11.5 Å². The molecule has 2 aromatic carbocycles. The lowest BCUT2D eigenvalue weighted by molar-refractivity contribution is -0.143. The van der Waals surface area contributed by atoms with Gasteiger partial charge in [-0.15, -0.1) is 0 Å². The van der Waals surface area contributed by atoms with E-state index in [0.29, 0.717) is 33.8 Å². The minimum atomic E-state index is -0.727. The molecule has 1 aliphatic heterocycles. The van der Waals surface area contributed by atoms with Gasteiger partial charge in [0.1, 0.15) is 12.2 Å². The molecule has 0 saturated carbocycles. The fraction of sp³-hybridized carbons (Fsp3) is 0.217. The largest absolute Gasteiger partial charge is 0.490 e. The van der Waals surface area contributed by atoms with Crippen molar-refractivity contribution < 1.29 is 33.4 Å². The number of hydrogen-bond donors (Lipinski definition) is 2. The maximum Gasteiger partial charge on any atom is 0.329 e. The number of hydrogen-bond acceptors (Lipinski definition) is 7. The fourth-order valence-corrected chi connectivity index (χ4v) is 3.58. The Labute approximate surface area is 204 Å². The first-order valence-electron chi connectivity index (χ1n) is 10.2. The molecule has 10 nitrogen and oxygen atoms in total. The maximum atomic E-state index is 12.5. The van der Waals surface area contributed by atoms with Gasteiger partial charge in [0.05, 0.1) is 18.2 Å². The summed E-state index contributed by atoms with van der Waals surface area (Å²) in [5, 5.41) is 5.16. The van der Waals surface area contributed by atoms with E-state index in [-0.39, 0.29) is 18.2 Å². The lowest BCUT2D eigenvalue weighted by Crippen LogP contribution is -2.36. The molecule has 178 valence electrons. The molecule has 0 aromatic heterocycles. The highest BCUT2D eigenvalue weighted by atomic mass is 79.9. The summed E-state index contributed by atoms with van der Waals surface area (Å²) in [4.78, 5) is 49.0. The SMILES string of the molecule is CCOc1cc(/C=C2/NC(=O)N(CC(=O)OC)C2=O)cc(Br)c1OCC(=O)Nc1ccccc1. The van der Waals surface area contributed by atoms with Gasteiger partial charge in [0.25, 0.3) is 11.8 Å². The van der Waals surface area contributed by atoms with Crippen LogP contribution in [-0.2, 0) is 19.1 Å². The van der Waals surface area contributed by atoms with E-state index in [1.807, 2.05) is 6.07 Å². The number of methoxy groups -OCH3 is 1. The summed E-state index contributed by atoms with van der Waals surface area (Å²) in [5.74, 6) is -1.09. The van der Waals surface area contributed by atoms with Crippen LogP contribution in [-0.4, -0.2) is 55.6 Å². The van der Waals surface area contributed by atoms with Crippen LogP contribution in [0.5, 0.6) is 11.5 Å². The van der Waals surface area contributed by atoms with Crippen molar-refractivity contribution >= 4 is 51.5 Å². The molecule has 4 amide bonds. The molecule has 11 heteroatoms. The predicted octanol–water partition coefficient (Wildman–Crippen LogP) is 2.93. The average Bonchev–Trinajstić information content (AvgIpc) is 3.06. The van der Waals surface area contributed by atoms with Crippen LogP contribution in [0.1, 0.15) is 12.5 Å². The predicted molar refractivity (Wildman–Crippen MR) is 126 cm³/mol. The normalized spacial score (nSPS) is 14.1. The Hall–Kier alpha value is -3.86. The van der Waals surface area contributed by atoms with E-state index in [9.17, 15) is 19.2 Å². The summed E-state index contributed by atoms with van der Waals surface area (Å²) < 4.78 is 16.3. The van der Waals surface area contributed by atoms with Crippen LogP contribution < -0.4 is 20.1 Å². The van der Waals surface area contributed by atoms with Crippen molar-refractivity contribution in [1.29, 1.82) is 0 Å². The van der Waals surface area contributed by atoms with Gasteiger partial charge < -0.3 is 24.8 Å². The third-order valence-corrected chi connectivity index (χ3v) is 5.11. The highest BCUT2D eigenvalue weighted by Gasteiger charge is 2.35. The quantitative estimate of drug-likeness (QED) is 0.289. The van der Waals surface area contributed by atoms with Crippen molar-refractivity contribution in [1.82, 2.24) is 10.2 Å². The minimum Gasteiger partial charge on any atom is -0.490 e. The van der Waals surface area contributed by atoms with Crippen LogP contribution in [0, 0.1) is 0 Å². The first-order chi connectivity index (χ1) is 16.3. The van der Waals surface area contributed by atoms with Crippen LogP contribution in [0.3, 0.4) is 0 Å². The number of nitrogens with zero attached hydrogens (tertiary/aromatic N) is 1. The second-order valence-electron chi connectivity index (χ2n) is 6.92. The zero-order valence-electron chi connectivity index (χ0n) is 18.4. The molecule has 3 rings (SSSR count). The van der Waals surface area contributed by atoms with Crippen LogP contribution >= 0.6 is 15.9 Å². The van der Waals surface area contributed by atoms with Gasteiger partial charge in [-0.2, -0.15) is 0 Å². The summed E-state index contributed by atoms with van der Waals surface area (Å²) in [6.07, 6.45) is 1.44. The van der Waals surface area contributed by atoms with Crippen molar-refractivity contribution in [3.05, 3.63) is 58.2 Å². The van der Waals surface area contributed by atoms with Crippen LogP contribution in [0.15, 0.2) is 52.6 Å². The molecule has 1 saturated heterocycles. The standard InChI is InChI=1S/C23H22BrN3O7/c1-3-33-18-11-14(10-17-22(30)27(23(31)26-17)12-20(29)32-2)9-16(24)21(18)34-13-19(28)25-15-7-5-4-6-8-15/h4-11H,3,12-13H2,1-2H3,(H,25,28)(H,26,31)/b17-10+. The van der Waals surface area contributed by atoms with E-state index in [1.54, 1.807) is 43.3 Å². The molecule has 2 aromatic rings. The Bertz CT molecular complexity index is 1130. The number of esters is 1. The first-order valence-corrected chi connectivity index (χ1v) is 11.0. The third-order valence-electron chi connectivity index (χ3n) is 4.53. The van der Waals surface area contributed by atoms with Crippen LogP contribution in [0.2, 0.25) is 0 Å². The monoisotopic (exact) mass is 531 g/mol. The number of benzene rings is 2. The molecule has 0 unspecified atom stereocenters. The number of amides is 4. The first kappa shape index (κ1) is 24.8. The molecule has 1 fully saturated rings. The van der Waals surface area contributed by atoms with Crippen molar-refractivity contribution in [2.75, 3.05) is 32.2 Å². The average molecular weight is 532 g/mol. The lowest BCUT2D eigenvalue weighted by Gasteiger charge is -2.15. The second kappa shape index (κ2) is 11.3. The molecule has 1 heterocycles. The lowest BCUT2D eigenvalue weighted by atomic mass is 10.1. The molecule has 0 bridgehead atoms. The molecular weight excluding hydrogens is 510 g/mol. The van der Waals surface area contributed by atoms with Gasteiger partial charge in [-0.25, -0.2) is 9.69 Å². The van der Waals surface area contributed by atoms with Crippen molar-refractivity contribution in [3.63, 3.8) is 0 Å². The zero-order chi connectivity index (χ0) is 24.7. The Morgan fingerprint density at radius 1 is 1.15 bits per heavy atom. The van der Waals surface area contributed by atoms with E-state index in [1.165, 1.54) is 13.2 Å². The zero-order valence-corrected chi connectivity index (χ0v) is 20.0. The van der Waals surface area contributed by atoms with Crippen LogP contribution in [0.25, 0.3) is 6.08 Å². The number of carbonyl (C=O) groups excluding carboxylic acids is 4. The number of imide groups is 1. The van der Waals surface area contributed by atoms with E-state index in [4.69, 9.17) is 9.47 Å². The van der Waals surface area contributed by atoms with E-state index >= 15 is 0 Å². The highest BCUT2D eigenvalue weighted by molar-refractivity contribution is 9.10. The Kier molecular flexibility index (Phi) is 8.25. The number of carbonyl (C=O) groups is 4. The van der Waals surface area contributed by atoms with Crippen LogP contribution in [0.4, 0.5) is 10.5 Å². The fourth-order valence-electron chi connectivity index (χ4n) is 3.01. The summed E-state index contributed by atoms with van der Waals surface area (Å²) in [6.45, 7) is 1.35. The van der Waals surface area contributed by atoms with Gasteiger partial charge in [0.2, 0.25) is 0 Å². The Balaban J connectivity index is 1.77. The van der Waals surface area contributed by atoms with Crippen molar-refractivity contribution in [2.45, 2.75) is 6.92 Å². The van der Waals surface area contributed by atoms with E-state index in [2.05, 4.69) is 31.3 Å².